The molecule has 0 bridgehead atoms. The van der Waals surface area contributed by atoms with Crippen molar-refractivity contribution in [3.63, 3.8) is 0 Å². The zero-order valence-corrected chi connectivity index (χ0v) is 45.8. The molecule has 0 radical (unpaired) electrons. The van der Waals surface area contributed by atoms with Crippen LogP contribution >= 0.6 is 0 Å². The van der Waals surface area contributed by atoms with Crippen LogP contribution in [0.15, 0.2) is 60.7 Å². The third kappa shape index (κ3) is 14.7. The van der Waals surface area contributed by atoms with E-state index in [1.54, 1.807) is 0 Å². The van der Waals surface area contributed by atoms with E-state index in [0.29, 0.717) is 19.0 Å². The average Bonchev–Trinajstić information content (AvgIpc) is 3.12. The molecule has 0 aliphatic carbocycles. The quantitative estimate of drug-likeness (QED) is 0.106. The van der Waals surface area contributed by atoms with Crippen molar-refractivity contribution in [2.24, 2.45) is 0 Å². The molecule has 3 N–H and O–H groups in total. The minimum Gasteiger partial charge on any atom is -0.471 e. The maximum Gasteiger partial charge on any atom is 0.322 e. The van der Waals surface area contributed by atoms with Crippen LogP contribution in [-0.4, -0.2) is 74.7 Å². The zero-order valence-electron chi connectivity index (χ0n) is 41.8. The lowest BCUT2D eigenvalue weighted by molar-refractivity contribution is -0.0518. The number of nitrogens with zero attached hydrogens (tertiary/aromatic N) is 2. The van der Waals surface area contributed by atoms with E-state index in [0.717, 1.165) is 11.1 Å². The Bertz CT molecular complexity index is 1820. The number of nitrogen functional groups attached to an aromatic ring is 1. The van der Waals surface area contributed by atoms with Crippen LogP contribution in [0.4, 0.5) is 11.5 Å². The van der Waals surface area contributed by atoms with E-state index < -0.39 is 51.6 Å². The number of anilines is 2. The Kier molecular flexibility index (Phi) is 17.4. The van der Waals surface area contributed by atoms with E-state index >= 15 is 0 Å². The van der Waals surface area contributed by atoms with Gasteiger partial charge in [-0.3, -0.25) is 0 Å². The Labute approximate surface area is 375 Å². The van der Waals surface area contributed by atoms with Crippen molar-refractivity contribution < 1.29 is 27.2 Å². The normalized spacial score (nSPS) is 15.3. The van der Waals surface area contributed by atoms with Gasteiger partial charge in [-0.05, 0) is 83.7 Å². The second-order valence-electron chi connectivity index (χ2n) is 22.8. The summed E-state index contributed by atoms with van der Waals surface area (Å²) in [6.07, 6.45) is -1.39. The maximum atomic E-state index is 7.65. The van der Waals surface area contributed by atoms with Gasteiger partial charge in [0.05, 0.1) is 24.9 Å². The molecule has 3 rings (SSSR count). The van der Waals surface area contributed by atoms with Crippen LogP contribution in [0.25, 0.3) is 0 Å². The summed E-state index contributed by atoms with van der Waals surface area (Å²) in [5, 5.41) is 3.41. The molecule has 0 unspecified atom stereocenters. The summed E-state index contributed by atoms with van der Waals surface area (Å²) in [7, 11) is -9.52. The monoisotopic (exact) mass is 913 g/mol. The highest BCUT2D eigenvalue weighted by atomic mass is 28.4. The number of aromatic nitrogens is 2. The predicted octanol–water partition coefficient (Wildman–Crippen LogP) is 12.8. The first kappa shape index (κ1) is 52.8. The Morgan fingerprint density at radius 3 is 1.39 bits per heavy atom. The Balaban J connectivity index is 2.25. The van der Waals surface area contributed by atoms with E-state index in [1.807, 2.05) is 60.7 Å². The Morgan fingerprint density at radius 2 is 0.951 bits per heavy atom. The number of hydrogen-bond acceptors (Lipinski definition) is 10. The molecule has 0 aliphatic rings. The molecule has 1 aromatic heterocycles. The van der Waals surface area contributed by atoms with Gasteiger partial charge in [0.2, 0.25) is 5.88 Å². The van der Waals surface area contributed by atoms with Crippen LogP contribution < -0.4 is 20.5 Å². The highest BCUT2D eigenvalue weighted by molar-refractivity contribution is 6.75. The van der Waals surface area contributed by atoms with Crippen LogP contribution in [0.3, 0.4) is 0 Å². The number of nitrogens with two attached hydrogens (primary N) is 1. The summed E-state index contributed by atoms with van der Waals surface area (Å²) in [6, 6.07) is 20.1. The molecular weight excluding hydrogens is 829 g/mol. The minimum absolute atomic E-state index is 0.00796. The highest BCUT2D eigenvalue weighted by Crippen LogP contribution is 2.44. The summed E-state index contributed by atoms with van der Waals surface area (Å²) < 4.78 is 42.3. The van der Waals surface area contributed by atoms with Crippen molar-refractivity contribution >= 4 is 44.8 Å². The SMILES string of the molecule is CC(C)(C)[Si](C)(C)OC[C@@H](O[Si](C)(C)C(C)(C)C)[C@@H](O[Si](C)(C)C(C)(C)C)[C@H](CNc1nc(OCc2ccccc2)nc(OCc2ccccc2)c1N)O[Si](C)(C)C(C)(C)C. The number of rotatable bonds is 20. The molecule has 10 nitrogen and oxygen atoms in total. The van der Waals surface area contributed by atoms with Crippen LogP contribution in [0.2, 0.25) is 72.5 Å². The fraction of sp³-hybridized carbons (Fsp3) is 0.660. The molecule has 0 saturated heterocycles. The smallest absolute Gasteiger partial charge is 0.322 e. The van der Waals surface area contributed by atoms with Crippen LogP contribution in [0.1, 0.15) is 94.2 Å². The molecule has 1 heterocycles. The van der Waals surface area contributed by atoms with E-state index in [-0.39, 0.29) is 50.9 Å². The molecule has 14 heteroatoms. The maximum absolute atomic E-state index is 7.65. The van der Waals surface area contributed by atoms with Gasteiger partial charge in [-0.25, -0.2) is 0 Å². The minimum atomic E-state index is -2.46. The average molecular weight is 914 g/mol. The van der Waals surface area contributed by atoms with E-state index in [1.165, 1.54) is 0 Å². The lowest BCUT2D eigenvalue weighted by atomic mass is 10.1. The summed E-state index contributed by atoms with van der Waals surface area (Å²) in [5.41, 5.74) is 9.17. The van der Waals surface area contributed by atoms with E-state index in [9.17, 15) is 0 Å². The van der Waals surface area contributed by atoms with Crippen molar-refractivity contribution in [2.75, 3.05) is 24.2 Å². The summed E-state index contributed by atoms with van der Waals surface area (Å²) >= 11 is 0. The molecule has 3 aromatic rings. The summed E-state index contributed by atoms with van der Waals surface area (Å²) in [6.45, 7) is 47.1. The molecule has 0 spiro atoms. The summed E-state index contributed by atoms with van der Waals surface area (Å²) in [4.78, 5) is 9.52. The number of nitrogens with one attached hydrogen (secondary N) is 1. The standard InChI is InChI=1S/C47H84N4O6Si4/c1-44(2,3)58(13,14)54-34-38(56-60(17,18)46(7,8)9)40(57-61(19,20)47(10,11)12)37(55-59(15,16)45(4,5)6)31-49-41-39(48)42(52-32-35-27-23-21-24-28-35)51-43(50-41)53-33-36-29-25-22-26-30-36/h21-30,37-38,40H,31-34,48H2,1-20H3,(H,49,50,51)/t37-,38+,40-/m0/s1. The van der Waals surface area contributed by atoms with Crippen molar-refractivity contribution in [2.45, 2.75) is 187 Å². The van der Waals surface area contributed by atoms with Gasteiger partial charge < -0.3 is 38.2 Å². The molecule has 344 valence electrons. The topological polar surface area (TPSA) is 119 Å². The van der Waals surface area contributed by atoms with Crippen LogP contribution in [-0.2, 0) is 30.9 Å². The summed E-state index contributed by atoms with van der Waals surface area (Å²) in [5.74, 6) is 0.637. The number of ether oxygens (including phenoxy) is 2. The Hall–Kier alpha value is -2.57. The molecule has 0 aliphatic heterocycles. The molecule has 3 atom stereocenters. The van der Waals surface area contributed by atoms with Crippen molar-refractivity contribution in [1.29, 1.82) is 0 Å². The van der Waals surface area contributed by atoms with Gasteiger partial charge in [0.1, 0.15) is 18.9 Å². The molecule has 0 amide bonds. The van der Waals surface area contributed by atoms with Gasteiger partial charge in [-0.15, -0.1) is 0 Å². The number of benzene rings is 2. The molecule has 0 fully saturated rings. The Morgan fingerprint density at radius 1 is 0.541 bits per heavy atom. The van der Waals surface area contributed by atoms with Crippen LogP contribution in [0, 0.1) is 0 Å². The van der Waals surface area contributed by atoms with Crippen molar-refractivity contribution in [3.8, 4) is 11.9 Å². The van der Waals surface area contributed by atoms with Gasteiger partial charge in [-0.2, -0.15) is 9.97 Å². The van der Waals surface area contributed by atoms with Crippen molar-refractivity contribution in [1.82, 2.24) is 9.97 Å². The van der Waals surface area contributed by atoms with Gasteiger partial charge in [-0.1, -0.05) is 144 Å². The first-order valence-corrected chi connectivity index (χ1v) is 33.7. The molecule has 61 heavy (non-hydrogen) atoms. The van der Waals surface area contributed by atoms with Gasteiger partial charge in [0.25, 0.3) is 0 Å². The van der Waals surface area contributed by atoms with Crippen LogP contribution in [0.5, 0.6) is 11.9 Å². The lowest BCUT2D eigenvalue weighted by Crippen LogP contribution is -2.61. The van der Waals surface area contributed by atoms with E-state index in [4.69, 9.17) is 37.9 Å². The third-order valence-electron chi connectivity index (χ3n) is 13.7. The first-order chi connectivity index (χ1) is 27.7. The zero-order chi connectivity index (χ0) is 46.5. The second kappa shape index (κ2) is 20.1. The van der Waals surface area contributed by atoms with Gasteiger partial charge in [0, 0.05) is 6.54 Å². The van der Waals surface area contributed by atoms with Gasteiger partial charge >= 0.3 is 6.01 Å². The van der Waals surface area contributed by atoms with Gasteiger partial charge in [0.15, 0.2) is 39.1 Å². The lowest BCUT2D eigenvalue weighted by Gasteiger charge is -2.49. The number of hydrogen-bond donors (Lipinski definition) is 2. The highest BCUT2D eigenvalue weighted by Gasteiger charge is 2.50. The fourth-order valence-corrected chi connectivity index (χ4v) is 10.3. The molecular formula is C47H84N4O6Si4. The fourth-order valence-electron chi connectivity index (χ4n) is 5.33. The third-order valence-corrected chi connectivity index (χ3v) is 31.7. The molecule has 2 aromatic carbocycles. The largest absolute Gasteiger partial charge is 0.471 e. The molecule has 0 saturated carbocycles. The predicted molar refractivity (Wildman–Crippen MR) is 266 cm³/mol. The van der Waals surface area contributed by atoms with Crippen molar-refractivity contribution in [3.05, 3.63) is 71.8 Å². The van der Waals surface area contributed by atoms with E-state index in [2.05, 4.69) is 146 Å². The first-order valence-electron chi connectivity index (χ1n) is 22.1. The second-order valence-corrected chi connectivity index (χ2v) is 41.8.